The van der Waals surface area contributed by atoms with Gasteiger partial charge in [0.1, 0.15) is 11.0 Å². The first-order valence-electron chi connectivity index (χ1n) is 8.02. The van der Waals surface area contributed by atoms with Gasteiger partial charge in [-0.3, -0.25) is 0 Å². The molecule has 0 amide bonds. The molecule has 2 aromatic rings. The summed E-state index contributed by atoms with van der Waals surface area (Å²) in [5.74, 6) is 1.07. The average molecular weight is 332 g/mol. The predicted octanol–water partition coefficient (Wildman–Crippen LogP) is 2.88. The van der Waals surface area contributed by atoms with E-state index in [1.807, 2.05) is 18.3 Å². The third kappa shape index (κ3) is 4.33. The Morgan fingerprint density at radius 1 is 1.13 bits per heavy atom. The molecule has 6 heteroatoms. The molecule has 5 nitrogen and oxygen atoms in total. The van der Waals surface area contributed by atoms with E-state index in [9.17, 15) is 0 Å². The lowest BCUT2D eigenvalue weighted by atomic mass is 10.2. The second kappa shape index (κ2) is 7.62. The fourth-order valence-electron chi connectivity index (χ4n) is 2.72. The van der Waals surface area contributed by atoms with Crippen LogP contribution in [-0.2, 0) is 6.54 Å². The van der Waals surface area contributed by atoms with Crippen molar-refractivity contribution in [3.63, 3.8) is 0 Å². The fourth-order valence-corrected chi connectivity index (χ4v) is 2.89. The highest BCUT2D eigenvalue weighted by atomic mass is 35.5. The van der Waals surface area contributed by atoms with E-state index >= 15 is 0 Å². The monoisotopic (exact) mass is 331 g/mol. The van der Waals surface area contributed by atoms with Gasteiger partial charge in [0, 0.05) is 50.8 Å². The van der Waals surface area contributed by atoms with E-state index in [-0.39, 0.29) is 0 Å². The lowest BCUT2D eigenvalue weighted by Crippen LogP contribution is -2.46. The van der Waals surface area contributed by atoms with Crippen LogP contribution in [0, 0.1) is 0 Å². The van der Waals surface area contributed by atoms with Gasteiger partial charge in [0.2, 0.25) is 0 Å². The van der Waals surface area contributed by atoms with Gasteiger partial charge >= 0.3 is 0 Å². The van der Waals surface area contributed by atoms with Crippen LogP contribution in [0.5, 0.6) is 0 Å². The second-order valence-corrected chi connectivity index (χ2v) is 6.05. The summed E-state index contributed by atoms with van der Waals surface area (Å²) in [4.78, 5) is 13.4. The van der Waals surface area contributed by atoms with Crippen LogP contribution in [0.4, 0.5) is 11.5 Å². The zero-order valence-electron chi connectivity index (χ0n) is 13.4. The van der Waals surface area contributed by atoms with Crippen molar-refractivity contribution >= 4 is 23.1 Å². The zero-order chi connectivity index (χ0) is 16.1. The predicted molar refractivity (Wildman–Crippen MR) is 95.1 cm³/mol. The minimum atomic E-state index is 0.495. The topological polar surface area (TPSA) is 44.3 Å². The summed E-state index contributed by atoms with van der Waals surface area (Å²) < 4.78 is 0. The van der Waals surface area contributed by atoms with Gasteiger partial charge in [0.15, 0.2) is 0 Å². The molecule has 0 aliphatic carbocycles. The van der Waals surface area contributed by atoms with Crippen molar-refractivity contribution in [2.75, 3.05) is 42.9 Å². The van der Waals surface area contributed by atoms with E-state index in [4.69, 9.17) is 11.6 Å². The molecule has 3 heterocycles. The third-order valence-electron chi connectivity index (χ3n) is 4.18. The Kier molecular flexibility index (Phi) is 5.31. The molecule has 0 bridgehead atoms. The first kappa shape index (κ1) is 16.0. The maximum atomic E-state index is 5.88. The molecule has 0 spiro atoms. The van der Waals surface area contributed by atoms with Crippen molar-refractivity contribution in [3.05, 3.63) is 47.4 Å². The summed E-state index contributed by atoms with van der Waals surface area (Å²) in [5, 5.41) is 3.82. The Morgan fingerprint density at radius 3 is 2.61 bits per heavy atom. The van der Waals surface area contributed by atoms with E-state index in [1.54, 1.807) is 6.20 Å². The Hall–Kier alpha value is -1.85. The van der Waals surface area contributed by atoms with Gasteiger partial charge in [-0.2, -0.15) is 0 Å². The van der Waals surface area contributed by atoms with Gasteiger partial charge in [0.05, 0.1) is 0 Å². The van der Waals surface area contributed by atoms with Crippen LogP contribution in [0.3, 0.4) is 0 Å². The van der Waals surface area contributed by atoms with E-state index in [0.29, 0.717) is 5.15 Å². The molecule has 1 aliphatic heterocycles. The molecule has 1 fully saturated rings. The van der Waals surface area contributed by atoms with E-state index in [0.717, 1.165) is 56.3 Å². The van der Waals surface area contributed by atoms with Crippen molar-refractivity contribution in [2.45, 2.75) is 13.5 Å². The number of halogens is 1. The van der Waals surface area contributed by atoms with Crippen molar-refractivity contribution in [1.82, 2.24) is 14.9 Å². The highest BCUT2D eigenvalue weighted by Crippen LogP contribution is 2.16. The fraction of sp³-hybridized carbons (Fsp3) is 0.412. The molecule has 3 rings (SSSR count). The summed E-state index contributed by atoms with van der Waals surface area (Å²) in [6.07, 6.45) is 3.64. The van der Waals surface area contributed by atoms with Crippen molar-refractivity contribution < 1.29 is 0 Å². The summed E-state index contributed by atoms with van der Waals surface area (Å²) in [6, 6.07) is 7.96. The molecule has 0 unspecified atom stereocenters. The van der Waals surface area contributed by atoms with Gasteiger partial charge in [-0.05, 0) is 30.3 Å². The molecule has 1 N–H and O–H groups in total. The Labute approximate surface area is 142 Å². The maximum absolute atomic E-state index is 5.88. The van der Waals surface area contributed by atoms with Crippen LogP contribution in [0.15, 0.2) is 36.7 Å². The summed E-state index contributed by atoms with van der Waals surface area (Å²) in [6.45, 7) is 8.39. The van der Waals surface area contributed by atoms with Gasteiger partial charge in [-0.1, -0.05) is 24.6 Å². The Balaban J connectivity index is 1.55. The van der Waals surface area contributed by atoms with E-state index in [2.05, 4.69) is 44.1 Å². The quantitative estimate of drug-likeness (QED) is 0.853. The molecule has 0 saturated carbocycles. The molecular weight excluding hydrogens is 310 g/mol. The van der Waals surface area contributed by atoms with Crippen molar-refractivity contribution in [1.29, 1.82) is 0 Å². The Bertz CT molecular complexity index is 623. The van der Waals surface area contributed by atoms with Crippen LogP contribution in [0.25, 0.3) is 0 Å². The summed E-state index contributed by atoms with van der Waals surface area (Å²) in [5.41, 5.74) is 2.11. The minimum absolute atomic E-state index is 0.495. The van der Waals surface area contributed by atoms with Gasteiger partial charge in [-0.15, -0.1) is 0 Å². The Morgan fingerprint density at radius 2 is 1.96 bits per heavy atom. The van der Waals surface area contributed by atoms with Crippen molar-refractivity contribution in [3.8, 4) is 0 Å². The minimum Gasteiger partial charge on any atom is -0.381 e. The van der Waals surface area contributed by atoms with Gasteiger partial charge < -0.3 is 15.1 Å². The molecule has 0 radical (unpaired) electrons. The summed E-state index contributed by atoms with van der Waals surface area (Å²) >= 11 is 5.88. The molecule has 122 valence electrons. The molecule has 0 aromatic carbocycles. The third-order valence-corrected chi connectivity index (χ3v) is 4.38. The first-order valence-corrected chi connectivity index (χ1v) is 8.40. The van der Waals surface area contributed by atoms with Crippen LogP contribution in [0.2, 0.25) is 5.15 Å². The first-order chi connectivity index (χ1) is 11.2. The molecular formula is C17H22ClN5. The number of anilines is 2. The number of rotatable bonds is 5. The van der Waals surface area contributed by atoms with Crippen LogP contribution < -0.4 is 10.2 Å². The lowest BCUT2D eigenvalue weighted by molar-refractivity contribution is 0.270. The highest BCUT2D eigenvalue weighted by molar-refractivity contribution is 6.29. The second-order valence-electron chi connectivity index (χ2n) is 5.67. The number of pyridine rings is 2. The summed E-state index contributed by atoms with van der Waals surface area (Å²) in [7, 11) is 0. The van der Waals surface area contributed by atoms with Crippen LogP contribution in [-0.4, -0.2) is 47.6 Å². The molecule has 1 aliphatic rings. The number of hydrogen-bond donors (Lipinski definition) is 1. The number of aromatic nitrogens is 2. The van der Waals surface area contributed by atoms with Crippen LogP contribution >= 0.6 is 11.6 Å². The SMILES string of the molecule is CCN1CCN(c2ccc(CNc3ccnc(Cl)c3)cn2)CC1. The normalized spacial score (nSPS) is 15.7. The zero-order valence-corrected chi connectivity index (χ0v) is 14.1. The number of piperazine rings is 1. The molecule has 1 saturated heterocycles. The largest absolute Gasteiger partial charge is 0.381 e. The highest BCUT2D eigenvalue weighted by Gasteiger charge is 2.16. The maximum Gasteiger partial charge on any atom is 0.131 e. The van der Waals surface area contributed by atoms with Crippen LogP contribution in [0.1, 0.15) is 12.5 Å². The van der Waals surface area contributed by atoms with E-state index < -0.39 is 0 Å². The number of nitrogens with zero attached hydrogens (tertiary/aromatic N) is 4. The van der Waals surface area contributed by atoms with Gasteiger partial charge in [0.25, 0.3) is 0 Å². The van der Waals surface area contributed by atoms with E-state index in [1.165, 1.54) is 0 Å². The molecule has 2 aromatic heterocycles. The smallest absolute Gasteiger partial charge is 0.131 e. The molecule has 0 atom stereocenters. The van der Waals surface area contributed by atoms with Crippen molar-refractivity contribution in [2.24, 2.45) is 0 Å². The van der Waals surface area contributed by atoms with Gasteiger partial charge in [-0.25, -0.2) is 9.97 Å². The average Bonchev–Trinajstić information content (AvgIpc) is 2.61. The number of hydrogen-bond acceptors (Lipinski definition) is 5. The standard InChI is InChI=1S/C17H22ClN5/c1-2-22-7-9-23(10-8-22)17-4-3-14(13-21-17)12-20-15-5-6-19-16(18)11-15/h3-6,11,13H,2,7-10,12H2,1H3,(H,19,20). The number of nitrogens with one attached hydrogen (secondary N) is 1. The molecule has 23 heavy (non-hydrogen) atoms. The lowest BCUT2D eigenvalue weighted by Gasteiger charge is -2.34. The number of likely N-dealkylation sites (N-methyl/N-ethyl adjacent to an activating group) is 1.